The lowest BCUT2D eigenvalue weighted by Gasteiger charge is -2.15. The van der Waals surface area contributed by atoms with E-state index in [0.29, 0.717) is 17.8 Å². The summed E-state index contributed by atoms with van der Waals surface area (Å²) in [6.45, 7) is 3.63. The summed E-state index contributed by atoms with van der Waals surface area (Å²) >= 11 is 0. The molecule has 1 aliphatic carbocycles. The fourth-order valence-electron chi connectivity index (χ4n) is 4.65. The van der Waals surface area contributed by atoms with Crippen LogP contribution in [0.15, 0.2) is 79.4 Å². The number of imide groups is 1. The first-order valence-electron chi connectivity index (χ1n) is 11.7. The maximum atomic E-state index is 12.7. The highest BCUT2D eigenvalue weighted by atomic mass is 16.5. The molecule has 1 unspecified atom stereocenters. The molecule has 3 aromatic carbocycles. The first-order chi connectivity index (χ1) is 17.5. The summed E-state index contributed by atoms with van der Waals surface area (Å²) < 4.78 is 5.24. The molecule has 0 spiro atoms. The molecule has 3 aromatic rings. The van der Waals surface area contributed by atoms with Gasteiger partial charge < -0.3 is 10.1 Å². The van der Waals surface area contributed by atoms with Crippen molar-refractivity contribution in [3.05, 3.63) is 102 Å². The van der Waals surface area contributed by atoms with Crippen molar-refractivity contribution >= 4 is 29.3 Å². The number of hydrogen-bond donors (Lipinski definition) is 1. The van der Waals surface area contributed by atoms with E-state index in [0.717, 1.165) is 22.4 Å². The number of ether oxygens (including phenoxy) is 1. The third kappa shape index (κ3) is 4.36. The highest BCUT2D eigenvalue weighted by Gasteiger charge is 2.39. The fraction of sp³-hybridized carbons (Fsp3) is 0.172. The minimum absolute atomic E-state index is 0.0629. The molecule has 7 heteroatoms. The number of Topliss-reactive ketones (excluding diaryl/α,β-unsaturated/α-hetero) is 1. The lowest BCUT2D eigenvalue weighted by Crippen LogP contribution is -2.38. The molecule has 1 atom stereocenters. The highest BCUT2D eigenvalue weighted by molar-refractivity contribution is 6.22. The SMILES string of the molecule is C=CCNC1CC(=O)N(c2ccc(C(=O)OCC(=O)c3ccc4c(c3)Cc3ccccc3-4)cc2)C1=O. The maximum absolute atomic E-state index is 12.7. The number of fused-ring (bicyclic) bond motifs is 3. The molecule has 0 aromatic heterocycles. The Balaban J connectivity index is 1.20. The maximum Gasteiger partial charge on any atom is 0.338 e. The van der Waals surface area contributed by atoms with E-state index in [9.17, 15) is 19.2 Å². The van der Waals surface area contributed by atoms with E-state index < -0.39 is 12.0 Å². The zero-order chi connectivity index (χ0) is 25.2. The second-order valence-corrected chi connectivity index (χ2v) is 8.77. The Morgan fingerprint density at radius 1 is 0.972 bits per heavy atom. The Kier molecular flexibility index (Phi) is 6.31. The molecule has 36 heavy (non-hydrogen) atoms. The zero-order valence-corrected chi connectivity index (χ0v) is 19.5. The molecule has 0 saturated carbocycles. The van der Waals surface area contributed by atoms with Crippen molar-refractivity contribution < 1.29 is 23.9 Å². The minimum Gasteiger partial charge on any atom is -0.454 e. The Hall–Kier alpha value is -4.36. The van der Waals surface area contributed by atoms with Crippen molar-refractivity contribution in [1.29, 1.82) is 0 Å². The second kappa shape index (κ2) is 9.71. The van der Waals surface area contributed by atoms with Crippen LogP contribution >= 0.6 is 0 Å². The van der Waals surface area contributed by atoms with Crippen LogP contribution < -0.4 is 10.2 Å². The van der Waals surface area contributed by atoms with Crippen molar-refractivity contribution in [3.63, 3.8) is 0 Å². The molecule has 2 amide bonds. The van der Waals surface area contributed by atoms with Gasteiger partial charge in [0.2, 0.25) is 5.91 Å². The van der Waals surface area contributed by atoms with Gasteiger partial charge in [0.05, 0.1) is 23.7 Å². The molecule has 7 nitrogen and oxygen atoms in total. The molecule has 1 aliphatic heterocycles. The van der Waals surface area contributed by atoms with Crippen LogP contribution in [0.3, 0.4) is 0 Å². The quantitative estimate of drug-likeness (QED) is 0.179. The monoisotopic (exact) mass is 480 g/mol. The molecule has 1 fully saturated rings. The normalized spacial score (nSPS) is 16.0. The largest absolute Gasteiger partial charge is 0.454 e. The van der Waals surface area contributed by atoms with Gasteiger partial charge in [0.15, 0.2) is 12.4 Å². The van der Waals surface area contributed by atoms with Gasteiger partial charge in [-0.25, -0.2) is 9.69 Å². The summed E-state index contributed by atoms with van der Waals surface area (Å²) in [7, 11) is 0. The van der Waals surface area contributed by atoms with E-state index in [1.807, 2.05) is 24.3 Å². The van der Waals surface area contributed by atoms with Crippen LogP contribution in [0, 0.1) is 0 Å². The summed E-state index contributed by atoms with van der Waals surface area (Å²) in [5.74, 6) is -1.61. The summed E-state index contributed by atoms with van der Waals surface area (Å²) in [4.78, 5) is 51.2. The number of anilines is 1. The van der Waals surface area contributed by atoms with E-state index in [1.54, 1.807) is 12.1 Å². The number of carbonyl (C=O) groups excluding carboxylic acids is 4. The molecule has 180 valence electrons. The second-order valence-electron chi connectivity index (χ2n) is 8.77. The van der Waals surface area contributed by atoms with E-state index in [2.05, 4.69) is 24.0 Å². The van der Waals surface area contributed by atoms with Crippen LogP contribution in [0.2, 0.25) is 0 Å². The Morgan fingerprint density at radius 3 is 2.47 bits per heavy atom. The van der Waals surface area contributed by atoms with Crippen molar-refractivity contribution in [2.45, 2.75) is 18.9 Å². The van der Waals surface area contributed by atoms with Crippen LogP contribution in [-0.2, 0) is 20.7 Å². The van der Waals surface area contributed by atoms with E-state index in [4.69, 9.17) is 4.74 Å². The highest BCUT2D eigenvalue weighted by Crippen LogP contribution is 2.36. The lowest BCUT2D eigenvalue weighted by atomic mass is 10.0. The van der Waals surface area contributed by atoms with Crippen LogP contribution in [0.4, 0.5) is 5.69 Å². The van der Waals surface area contributed by atoms with Gasteiger partial charge in [0.25, 0.3) is 5.91 Å². The van der Waals surface area contributed by atoms with Gasteiger partial charge in [0.1, 0.15) is 0 Å². The summed E-state index contributed by atoms with van der Waals surface area (Å²) in [5, 5.41) is 2.96. The van der Waals surface area contributed by atoms with Crippen molar-refractivity contribution in [2.75, 3.05) is 18.1 Å². The molecular weight excluding hydrogens is 456 g/mol. The lowest BCUT2D eigenvalue weighted by molar-refractivity contribution is -0.121. The van der Waals surface area contributed by atoms with Crippen molar-refractivity contribution in [1.82, 2.24) is 5.32 Å². The Labute approximate surface area is 208 Å². The molecule has 5 rings (SSSR count). The van der Waals surface area contributed by atoms with E-state index >= 15 is 0 Å². The molecule has 0 bridgehead atoms. The predicted molar refractivity (Wildman–Crippen MR) is 135 cm³/mol. The summed E-state index contributed by atoms with van der Waals surface area (Å²) in [6, 6.07) is 19.1. The first kappa shape index (κ1) is 23.4. The summed E-state index contributed by atoms with van der Waals surface area (Å²) in [5.41, 5.74) is 5.70. The van der Waals surface area contributed by atoms with E-state index in [-0.39, 0.29) is 36.2 Å². The average Bonchev–Trinajstić information content (AvgIpc) is 3.41. The fourth-order valence-corrected chi connectivity index (χ4v) is 4.65. The van der Waals surface area contributed by atoms with Gasteiger partial charge in [-0.3, -0.25) is 14.4 Å². The molecule has 1 N–H and O–H groups in total. The van der Waals surface area contributed by atoms with Gasteiger partial charge in [-0.1, -0.05) is 42.5 Å². The first-order valence-corrected chi connectivity index (χ1v) is 11.7. The third-order valence-electron chi connectivity index (χ3n) is 6.47. The summed E-state index contributed by atoms with van der Waals surface area (Å²) in [6.07, 6.45) is 2.45. The van der Waals surface area contributed by atoms with Gasteiger partial charge in [0, 0.05) is 12.1 Å². The Morgan fingerprint density at radius 2 is 1.69 bits per heavy atom. The molecule has 2 aliphatic rings. The van der Waals surface area contributed by atoms with Gasteiger partial charge >= 0.3 is 5.97 Å². The number of ketones is 1. The molecular formula is C29H24N2O5. The zero-order valence-electron chi connectivity index (χ0n) is 19.5. The number of esters is 1. The van der Waals surface area contributed by atoms with E-state index in [1.165, 1.54) is 35.4 Å². The third-order valence-corrected chi connectivity index (χ3v) is 6.47. The number of carbonyl (C=O) groups is 4. The molecule has 0 radical (unpaired) electrons. The predicted octanol–water partition coefficient (Wildman–Crippen LogP) is 3.71. The number of rotatable bonds is 8. The number of hydrogen-bond acceptors (Lipinski definition) is 6. The van der Waals surface area contributed by atoms with Crippen LogP contribution in [0.25, 0.3) is 11.1 Å². The van der Waals surface area contributed by atoms with Crippen LogP contribution in [0.1, 0.15) is 38.3 Å². The number of benzene rings is 3. The topological polar surface area (TPSA) is 92.8 Å². The molecule has 1 heterocycles. The van der Waals surface area contributed by atoms with Gasteiger partial charge in [-0.05, 0) is 59.0 Å². The number of nitrogens with one attached hydrogen (secondary N) is 1. The standard InChI is InChI=1S/C29H24N2O5/c1-2-13-30-25-16-27(33)31(28(25)34)22-10-7-18(8-11-22)29(35)36-17-26(32)20-9-12-24-21(15-20)14-19-5-3-4-6-23(19)24/h2-12,15,25,30H,1,13-14,16-17H2. The van der Waals surface area contributed by atoms with Crippen molar-refractivity contribution in [3.8, 4) is 11.1 Å². The van der Waals surface area contributed by atoms with Crippen molar-refractivity contribution in [2.24, 2.45) is 0 Å². The van der Waals surface area contributed by atoms with Crippen LogP contribution in [0.5, 0.6) is 0 Å². The smallest absolute Gasteiger partial charge is 0.338 e. The molecule has 1 saturated heterocycles. The number of amides is 2. The van der Waals surface area contributed by atoms with Gasteiger partial charge in [-0.15, -0.1) is 6.58 Å². The Bertz CT molecular complexity index is 1390. The minimum atomic E-state index is -0.659. The average molecular weight is 481 g/mol. The number of nitrogens with zero attached hydrogens (tertiary/aromatic N) is 1. The van der Waals surface area contributed by atoms with Gasteiger partial charge in [-0.2, -0.15) is 0 Å². The van der Waals surface area contributed by atoms with Crippen LogP contribution in [-0.4, -0.2) is 42.8 Å².